The first kappa shape index (κ1) is 14.2. The third kappa shape index (κ3) is 3.22. The van der Waals surface area contributed by atoms with Crippen molar-refractivity contribution in [3.05, 3.63) is 41.0 Å². The van der Waals surface area contributed by atoms with Crippen LogP contribution < -0.4 is 5.32 Å². The summed E-state index contributed by atoms with van der Waals surface area (Å²) in [6.07, 6.45) is 1.73. The topological polar surface area (TPSA) is 54.4 Å². The smallest absolute Gasteiger partial charge is 0.0765 e. The molecule has 0 amide bonds. The minimum absolute atomic E-state index is 0.00296. The molecule has 1 atom stereocenters. The molecule has 0 saturated heterocycles. The van der Waals surface area contributed by atoms with Crippen LogP contribution in [0.5, 0.6) is 0 Å². The Balaban J connectivity index is 2.34. The molecule has 2 N–H and O–H groups in total. The van der Waals surface area contributed by atoms with Crippen molar-refractivity contribution in [1.29, 1.82) is 0 Å². The standard InChI is InChI=1S/C14H17ClN2O2/c1-19-8-7-16-13(9-18)11-4-5-12(15)10-3-2-6-17-14(10)11/h2-6,13,16,18H,7-9H2,1H3. The number of halogens is 1. The Morgan fingerprint density at radius 3 is 3.00 bits per heavy atom. The molecule has 0 radical (unpaired) electrons. The number of ether oxygens (including phenoxy) is 1. The summed E-state index contributed by atoms with van der Waals surface area (Å²) in [5.41, 5.74) is 1.76. The fourth-order valence-corrected chi connectivity index (χ4v) is 2.26. The van der Waals surface area contributed by atoms with E-state index in [0.717, 1.165) is 16.5 Å². The molecule has 5 heteroatoms. The van der Waals surface area contributed by atoms with Crippen LogP contribution in [0, 0.1) is 0 Å². The summed E-state index contributed by atoms with van der Waals surface area (Å²) in [6, 6.07) is 7.34. The van der Waals surface area contributed by atoms with Crippen LogP contribution in [0.15, 0.2) is 30.5 Å². The Labute approximate surface area is 117 Å². The molecule has 1 heterocycles. The number of fused-ring (bicyclic) bond motifs is 1. The van der Waals surface area contributed by atoms with Crippen molar-refractivity contribution in [2.75, 3.05) is 26.9 Å². The van der Waals surface area contributed by atoms with Crippen molar-refractivity contribution in [2.24, 2.45) is 0 Å². The van der Waals surface area contributed by atoms with E-state index in [0.29, 0.717) is 18.2 Å². The Morgan fingerprint density at radius 2 is 2.26 bits per heavy atom. The summed E-state index contributed by atoms with van der Waals surface area (Å²) in [5.74, 6) is 0. The summed E-state index contributed by atoms with van der Waals surface area (Å²) in [6.45, 7) is 1.26. The van der Waals surface area contributed by atoms with Gasteiger partial charge in [-0.05, 0) is 23.8 Å². The largest absolute Gasteiger partial charge is 0.394 e. The van der Waals surface area contributed by atoms with Gasteiger partial charge in [0.15, 0.2) is 0 Å². The number of pyridine rings is 1. The molecule has 102 valence electrons. The maximum absolute atomic E-state index is 9.54. The van der Waals surface area contributed by atoms with Gasteiger partial charge in [0.25, 0.3) is 0 Å². The number of hydrogen-bond acceptors (Lipinski definition) is 4. The third-order valence-corrected chi connectivity index (χ3v) is 3.33. The summed E-state index contributed by atoms with van der Waals surface area (Å²) in [4.78, 5) is 4.37. The van der Waals surface area contributed by atoms with Crippen molar-refractivity contribution in [3.63, 3.8) is 0 Å². The number of nitrogens with one attached hydrogen (secondary N) is 1. The lowest BCUT2D eigenvalue weighted by atomic mass is 10.0. The SMILES string of the molecule is COCCNC(CO)c1ccc(Cl)c2cccnc12. The number of methoxy groups -OCH3 is 1. The molecule has 0 saturated carbocycles. The molecule has 0 aliphatic rings. The van der Waals surface area contributed by atoms with Crippen molar-refractivity contribution < 1.29 is 9.84 Å². The Morgan fingerprint density at radius 1 is 1.42 bits per heavy atom. The van der Waals surface area contributed by atoms with E-state index in [-0.39, 0.29) is 12.6 Å². The third-order valence-electron chi connectivity index (χ3n) is 3.00. The molecule has 19 heavy (non-hydrogen) atoms. The van der Waals surface area contributed by atoms with Gasteiger partial charge in [-0.2, -0.15) is 0 Å². The first-order valence-corrected chi connectivity index (χ1v) is 6.52. The van der Waals surface area contributed by atoms with Crippen LogP contribution in [0.2, 0.25) is 5.02 Å². The highest BCUT2D eigenvalue weighted by Gasteiger charge is 2.14. The minimum Gasteiger partial charge on any atom is -0.394 e. The number of rotatable bonds is 6. The average molecular weight is 281 g/mol. The first-order chi connectivity index (χ1) is 9.27. The molecule has 1 aromatic heterocycles. The molecule has 0 bridgehead atoms. The van der Waals surface area contributed by atoms with E-state index in [2.05, 4.69) is 10.3 Å². The normalized spacial score (nSPS) is 12.8. The number of aliphatic hydroxyl groups excluding tert-OH is 1. The van der Waals surface area contributed by atoms with Gasteiger partial charge in [-0.3, -0.25) is 4.98 Å². The first-order valence-electron chi connectivity index (χ1n) is 6.14. The predicted molar refractivity (Wildman–Crippen MR) is 76.5 cm³/mol. The average Bonchev–Trinajstić information content (AvgIpc) is 2.45. The maximum Gasteiger partial charge on any atom is 0.0765 e. The summed E-state index contributed by atoms with van der Waals surface area (Å²) >= 11 is 6.16. The van der Waals surface area contributed by atoms with Gasteiger partial charge < -0.3 is 15.2 Å². The summed E-state index contributed by atoms with van der Waals surface area (Å²) in [5, 5.41) is 14.3. The summed E-state index contributed by atoms with van der Waals surface area (Å²) < 4.78 is 5.00. The molecule has 2 rings (SSSR count). The van der Waals surface area contributed by atoms with Crippen LogP contribution in [0.4, 0.5) is 0 Å². The van der Waals surface area contributed by atoms with Gasteiger partial charge in [-0.15, -0.1) is 0 Å². The molecule has 1 unspecified atom stereocenters. The molecule has 0 aliphatic heterocycles. The highest BCUT2D eigenvalue weighted by Crippen LogP contribution is 2.28. The second-order valence-electron chi connectivity index (χ2n) is 4.22. The molecule has 0 spiro atoms. The predicted octanol–water partition coefficient (Wildman–Crippen LogP) is 2.16. The van der Waals surface area contributed by atoms with Crippen LogP contribution in [-0.2, 0) is 4.74 Å². The van der Waals surface area contributed by atoms with Gasteiger partial charge >= 0.3 is 0 Å². The number of nitrogens with zero attached hydrogens (tertiary/aromatic N) is 1. The van der Waals surface area contributed by atoms with Gasteiger partial charge in [0, 0.05) is 30.3 Å². The van der Waals surface area contributed by atoms with Gasteiger partial charge in [0.1, 0.15) is 0 Å². The highest BCUT2D eigenvalue weighted by molar-refractivity contribution is 6.35. The fraction of sp³-hybridized carbons (Fsp3) is 0.357. The lowest BCUT2D eigenvalue weighted by Crippen LogP contribution is -2.27. The van der Waals surface area contributed by atoms with Gasteiger partial charge in [0.2, 0.25) is 0 Å². The summed E-state index contributed by atoms with van der Waals surface area (Å²) in [7, 11) is 1.65. The van der Waals surface area contributed by atoms with Crippen LogP contribution in [0.25, 0.3) is 10.9 Å². The zero-order valence-corrected chi connectivity index (χ0v) is 11.5. The van der Waals surface area contributed by atoms with Gasteiger partial charge in [-0.1, -0.05) is 17.7 Å². The molecule has 2 aromatic rings. The minimum atomic E-state index is -0.176. The monoisotopic (exact) mass is 280 g/mol. The number of benzene rings is 1. The quantitative estimate of drug-likeness (QED) is 0.796. The molecular weight excluding hydrogens is 264 g/mol. The molecule has 0 fully saturated rings. The van der Waals surface area contributed by atoms with Gasteiger partial charge in [0.05, 0.1) is 24.8 Å². The zero-order valence-electron chi connectivity index (χ0n) is 10.8. The lowest BCUT2D eigenvalue weighted by molar-refractivity contribution is 0.184. The van der Waals surface area contributed by atoms with E-state index in [1.807, 2.05) is 24.3 Å². The van der Waals surface area contributed by atoms with E-state index in [9.17, 15) is 5.11 Å². The van der Waals surface area contributed by atoms with E-state index in [1.54, 1.807) is 13.3 Å². The lowest BCUT2D eigenvalue weighted by Gasteiger charge is -2.18. The van der Waals surface area contributed by atoms with Gasteiger partial charge in [-0.25, -0.2) is 0 Å². The molecular formula is C14H17ClN2O2. The second kappa shape index (κ2) is 6.82. The van der Waals surface area contributed by atoms with E-state index >= 15 is 0 Å². The maximum atomic E-state index is 9.54. The van der Waals surface area contributed by atoms with E-state index < -0.39 is 0 Å². The van der Waals surface area contributed by atoms with E-state index in [1.165, 1.54) is 0 Å². The van der Waals surface area contributed by atoms with Crippen molar-refractivity contribution in [3.8, 4) is 0 Å². The number of aliphatic hydroxyl groups is 1. The van der Waals surface area contributed by atoms with Crippen LogP contribution in [-0.4, -0.2) is 37.0 Å². The Bertz CT molecular complexity index is 548. The van der Waals surface area contributed by atoms with Crippen LogP contribution >= 0.6 is 11.6 Å². The molecule has 4 nitrogen and oxygen atoms in total. The molecule has 1 aromatic carbocycles. The van der Waals surface area contributed by atoms with E-state index in [4.69, 9.17) is 16.3 Å². The number of aromatic nitrogens is 1. The fourth-order valence-electron chi connectivity index (χ4n) is 2.05. The Kier molecular flexibility index (Phi) is 5.10. The Hall–Kier alpha value is -1.20. The highest BCUT2D eigenvalue weighted by atomic mass is 35.5. The van der Waals surface area contributed by atoms with Crippen molar-refractivity contribution >= 4 is 22.5 Å². The van der Waals surface area contributed by atoms with Crippen LogP contribution in [0.1, 0.15) is 11.6 Å². The van der Waals surface area contributed by atoms with Crippen molar-refractivity contribution in [1.82, 2.24) is 10.3 Å². The van der Waals surface area contributed by atoms with Crippen molar-refractivity contribution in [2.45, 2.75) is 6.04 Å². The zero-order chi connectivity index (χ0) is 13.7. The molecule has 0 aliphatic carbocycles. The van der Waals surface area contributed by atoms with Crippen LogP contribution in [0.3, 0.4) is 0 Å². The number of hydrogen-bond donors (Lipinski definition) is 2. The second-order valence-corrected chi connectivity index (χ2v) is 4.63.